The predicted octanol–water partition coefficient (Wildman–Crippen LogP) is 3.21. The molecular formula is C32H51NO10. The second-order valence-electron chi connectivity index (χ2n) is 12.9. The Morgan fingerprint density at radius 1 is 1.05 bits per heavy atom. The molecule has 2 fully saturated rings. The van der Waals surface area contributed by atoms with Crippen LogP contribution in [0, 0.1) is 23.7 Å². The van der Waals surface area contributed by atoms with Crippen LogP contribution in [0.3, 0.4) is 0 Å². The van der Waals surface area contributed by atoms with Crippen molar-refractivity contribution in [2.75, 3.05) is 14.2 Å². The summed E-state index contributed by atoms with van der Waals surface area (Å²) in [5, 5.41) is 36.5. The van der Waals surface area contributed by atoms with Crippen molar-refractivity contribution in [2.24, 2.45) is 23.7 Å². The monoisotopic (exact) mass is 609 g/mol. The Bertz CT molecular complexity index is 1080. The number of hydrogen-bond acceptors (Lipinski definition) is 10. The lowest BCUT2D eigenvalue weighted by atomic mass is 9.72. The summed E-state index contributed by atoms with van der Waals surface area (Å²) in [4.78, 5) is 25.2. The standard InChI is InChI=1S/C32H51NO10/c1-10-23(34)32(7,38)28-18(3)25(33-30(36)43-28)17(2)16-31(6,37)27-19(4)26(20(5)29(35)40-9)41-24(42-27)15-21-11-13-22(39-8)14-12-21/h11-14,17-20,23-28,34,37-38H,10,15-16H2,1-9H3,(H,33,36)/t17-,18+,19+,20-,23-,24-,25?,26+,27-,28-,31-,32-/m1/s1. The minimum atomic E-state index is -1.66. The zero-order valence-corrected chi connectivity index (χ0v) is 26.9. The van der Waals surface area contributed by atoms with Gasteiger partial charge in [0.15, 0.2) is 6.29 Å². The molecule has 2 heterocycles. The van der Waals surface area contributed by atoms with E-state index in [4.69, 9.17) is 23.7 Å². The molecule has 11 heteroatoms. The summed E-state index contributed by atoms with van der Waals surface area (Å²) in [7, 11) is 2.93. The minimum absolute atomic E-state index is 0.219. The van der Waals surface area contributed by atoms with E-state index in [-0.39, 0.29) is 24.7 Å². The number of carbonyl (C=O) groups excluding carboxylic acids is 2. The van der Waals surface area contributed by atoms with Crippen molar-refractivity contribution in [3.05, 3.63) is 29.8 Å². The van der Waals surface area contributed by atoms with E-state index in [1.54, 1.807) is 27.9 Å². The Morgan fingerprint density at radius 2 is 1.67 bits per heavy atom. The summed E-state index contributed by atoms with van der Waals surface area (Å²) in [6.07, 6.45) is -3.90. The van der Waals surface area contributed by atoms with Crippen molar-refractivity contribution in [3.63, 3.8) is 0 Å². The van der Waals surface area contributed by atoms with Crippen molar-refractivity contribution >= 4 is 12.1 Å². The van der Waals surface area contributed by atoms with Gasteiger partial charge in [0, 0.05) is 24.3 Å². The SMILES string of the molecule is CC[C@@H](O)[C@@](C)(O)[C@@H]1OC(=O)NC([C@H](C)C[C@@](C)(O)[C@@H]2O[C@H](Cc3ccc(OC)cc3)O[C@H]([C@@H](C)C(=O)OC)[C@@H]2C)[C@@H]1C. The number of carbonyl (C=O) groups is 2. The third kappa shape index (κ3) is 7.81. The van der Waals surface area contributed by atoms with E-state index in [1.807, 2.05) is 45.0 Å². The number of cyclic esters (lactones) is 1. The second-order valence-corrected chi connectivity index (χ2v) is 12.9. The number of hydrogen-bond donors (Lipinski definition) is 4. The third-order valence-electron chi connectivity index (χ3n) is 9.39. The highest BCUT2D eigenvalue weighted by Crippen LogP contribution is 2.41. The molecule has 1 aromatic carbocycles. The summed E-state index contributed by atoms with van der Waals surface area (Å²) in [5.41, 5.74) is -2.13. The van der Waals surface area contributed by atoms with Crippen molar-refractivity contribution in [1.82, 2.24) is 5.32 Å². The molecule has 244 valence electrons. The first kappa shape index (κ1) is 35.0. The quantitative estimate of drug-likeness (QED) is 0.260. The van der Waals surface area contributed by atoms with Gasteiger partial charge in [-0.1, -0.05) is 39.8 Å². The molecule has 12 atom stereocenters. The van der Waals surface area contributed by atoms with Gasteiger partial charge in [-0.25, -0.2) is 4.79 Å². The summed E-state index contributed by atoms with van der Waals surface area (Å²) in [6, 6.07) is 7.04. The zero-order valence-electron chi connectivity index (χ0n) is 26.9. The number of alkyl carbamates (subject to hydrolysis) is 1. The van der Waals surface area contributed by atoms with Crippen molar-refractivity contribution < 1.29 is 48.6 Å². The predicted molar refractivity (Wildman–Crippen MR) is 158 cm³/mol. The average Bonchev–Trinajstić information content (AvgIpc) is 2.97. The molecular weight excluding hydrogens is 558 g/mol. The maximum Gasteiger partial charge on any atom is 0.407 e. The molecule has 2 aliphatic heterocycles. The maximum absolute atomic E-state index is 12.6. The highest BCUT2D eigenvalue weighted by Gasteiger charge is 2.53. The van der Waals surface area contributed by atoms with Crippen LogP contribution in [-0.2, 0) is 30.2 Å². The molecule has 1 unspecified atom stereocenters. The first-order chi connectivity index (χ1) is 20.1. The fourth-order valence-corrected chi connectivity index (χ4v) is 6.97. The fourth-order valence-electron chi connectivity index (χ4n) is 6.97. The first-order valence-corrected chi connectivity index (χ1v) is 15.2. The van der Waals surface area contributed by atoms with Crippen molar-refractivity contribution in [2.45, 2.75) is 116 Å². The summed E-state index contributed by atoms with van der Waals surface area (Å²) < 4.78 is 28.5. The number of aliphatic hydroxyl groups is 3. The molecule has 11 nitrogen and oxygen atoms in total. The molecule has 2 saturated heterocycles. The van der Waals surface area contributed by atoms with Crippen LogP contribution in [0.4, 0.5) is 4.79 Å². The lowest BCUT2D eigenvalue weighted by molar-refractivity contribution is -0.306. The smallest absolute Gasteiger partial charge is 0.407 e. The molecule has 4 N–H and O–H groups in total. The van der Waals surface area contributed by atoms with Crippen LogP contribution in [0.5, 0.6) is 5.75 Å². The number of methoxy groups -OCH3 is 2. The van der Waals surface area contributed by atoms with Crippen LogP contribution in [-0.4, -0.2) is 89.6 Å². The summed E-state index contributed by atoms with van der Waals surface area (Å²) >= 11 is 0. The average molecular weight is 610 g/mol. The zero-order chi connectivity index (χ0) is 32.3. The van der Waals surface area contributed by atoms with E-state index in [0.717, 1.165) is 11.3 Å². The number of esters is 1. The molecule has 0 spiro atoms. The Labute approximate surface area is 255 Å². The van der Waals surface area contributed by atoms with E-state index in [0.29, 0.717) is 6.42 Å². The molecule has 2 aliphatic rings. The maximum atomic E-state index is 12.6. The molecule has 0 aliphatic carbocycles. The number of aliphatic hydroxyl groups excluding tert-OH is 1. The van der Waals surface area contributed by atoms with Gasteiger partial charge >= 0.3 is 12.1 Å². The van der Waals surface area contributed by atoms with Crippen LogP contribution in [0.1, 0.15) is 66.9 Å². The third-order valence-corrected chi connectivity index (χ3v) is 9.39. The lowest BCUT2D eigenvalue weighted by Crippen LogP contribution is -2.64. The van der Waals surface area contributed by atoms with Crippen LogP contribution in [0.15, 0.2) is 24.3 Å². The molecule has 1 amide bonds. The van der Waals surface area contributed by atoms with Gasteiger partial charge in [-0.05, 0) is 57.2 Å². The van der Waals surface area contributed by atoms with Gasteiger partial charge in [-0.2, -0.15) is 0 Å². The Kier molecular flexibility index (Phi) is 11.5. The minimum Gasteiger partial charge on any atom is -0.497 e. The Balaban J connectivity index is 1.85. The highest BCUT2D eigenvalue weighted by atomic mass is 16.7. The van der Waals surface area contributed by atoms with Gasteiger partial charge in [-0.15, -0.1) is 0 Å². The van der Waals surface area contributed by atoms with Gasteiger partial charge in [0.25, 0.3) is 0 Å². The number of nitrogens with one attached hydrogen (secondary N) is 1. The normalized spacial score (nSPS) is 32.7. The van der Waals surface area contributed by atoms with E-state index >= 15 is 0 Å². The first-order valence-electron chi connectivity index (χ1n) is 15.2. The lowest BCUT2D eigenvalue weighted by Gasteiger charge is -2.50. The van der Waals surface area contributed by atoms with Crippen molar-refractivity contribution in [3.8, 4) is 5.75 Å². The largest absolute Gasteiger partial charge is 0.497 e. The van der Waals surface area contributed by atoms with Gasteiger partial charge < -0.3 is 44.3 Å². The molecule has 0 saturated carbocycles. The van der Waals surface area contributed by atoms with Crippen LogP contribution < -0.4 is 10.1 Å². The molecule has 0 bridgehead atoms. The van der Waals surface area contributed by atoms with E-state index in [9.17, 15) is 24.9 Å². The molecule has 3 rings (SSSR count). The topological polar surface area (TPSA) is 153 Å². The van der Waals surface area contributed by atoms with E-state index < -0.39 is 71.8 Å². The molecule has 43 heavy (non-hydrogen) atoms. The molecule has 0 aromatic heterocycles. The number of rotatable bonds is 12. The van der Waals surface area contributed by atoms with Gasteiger partial charge in [0.05, 0.1) is 44.1 Å². The molecule has 1 aromatic rings. The Hall–Kier alpha value is -2.44. The van der Waals surface area contributed by atoms with Gasteiger partial charge in [0.2, 0.25) is 0 Å². The van der Waals surface area contributed by atoms with Gasteiger partial charge in [-0.3, -0.25) is 4.79 Å². The van der Waals surface area contributed by atoms with E-state index in [2.05, 4.69) is 5.32 Å². The summed E-state index contributed by atoms with van der Waals surface area (Å²) in [6.45, 7) is 12.3. The van der Waals surface area contributed by atoms with Crippen molar-refractivity contribution in [1.29, 1.82) is 0 Å². The van der Waals surface area contributed by atoms with E-state index in [1.165, 1.54) is 14.0 Å². The fraction of sp³-hybridized carbons (Fsp3) is 0.750. The summed E-state index contributed by atoms with van der Waals surface area (Å²) in [5.74, 6) is -1.37. The molecule has 0 radical (unpaired) electrons. The van der Waals surface area contributed by atoms with Gasteiger partial charge in [0.1, 0.15) is 17.5 Å². The highest BCUT2D eigenvalue weighted by molar-refractivity contribution is 5.72. The second kappa shape index (κ2) is 14.1. The van der Waals surface area contributed by atoms with Crippen LogP contribution in [0.25, 0.3) is 0 Å². The Morgan fingerprint density at radius 3 is 2.23 bits per heavy atom. The van der Waals surface area contributed by atoms with Crippen LogP contribution >= 0.6 is 0 Å². The number of amides is 1. The number of benzene rings is 1. The number of ether oxygens (including phenoxy) is 5. The van der Waals surface area contributed by atoms with Crippen LogP contribution in [0.2, 0.25) is 0 Å².